The van der Waals surface area contributed by atoms with Crippen LogP contribution in [0.2, 0.25) is 0 Å². The standard InChI is InChI=1S/C17H30O3/c1-3-5-9-15(11-7-13-18)17(20)16(10-6-4-2)12-8-14-19/h7-8,13-16,18-19H,3-6,9-12H2,1-2H3. The molecule has 0 bridgehead atoms. The summed E-state index contributed by atoms with van der Waals surface area (Å²) in [6.07, 6.45) is 12.6. The molecule has 20 heavy (non-hydrogen) atoms. The van der Waals surface area contributed by atoms with E-state index in [9.17, 15) is 4.79 Å². The highest BCUT2D eigenvalue weighted by molar-refractivity contribution is 5.83. The monoisotopic (exact) mass is 282 g/mol. The van der Waals surface area contributed by atoms with E-state index in [2.05, 4.69) is 13.8 Å². The topological polar surface area (TPSA) is 57.5 Å². The summed E-state index contributed by atoms with van der Waals surface area (Å²) in [6.45, 7) is 4.24. The van der Waals surface area contributed by atoms with Gasteiger partial charge in [-0.1, -0.05) is 39.5 Å². The first-order valence-corrected chi connectivity index (χ1v) is 7.83. The van der Waals surface area contributed by atoms with Crippen LogP contribution in [0.25, 0.3) is 0 Å². The van der Waals surface area contributed by atoms with Gasteiger partial charge in [0.05, 0.1) is 12.5 Å². The molecule has 0 saturated heterocycles. The Bertz CT molecular complexity index is 267. The van der Waals surface area contributed by atoms with E-state index in [0.29, 0.717) is 12.8 Å². The lowest BCUT2D eigenvalue weighted by Crippen LogP contribution is -2.23. The lowest BCUT2D eigenvalue weighted by molar-refractivity contribution is -0.127. The Morgan fingerprint density at radius 1 is 0.900 bits per heavy atom. The molecule has 0 aliphatic carbocycles. The van der Waals surface area contributed by atoms with E-state index >= 15 is 0 Å². The molecule has 0 aromatic heterocycles. The van der Waals surface area contributed by atoms with Crippen molar-refractivity contribution in [1.82, 2.24) is 0 Å². The molecule has 0 amide bonds. The fourth-order valence-electron chi connectivity index (χ4n) is 2.44. The second kappa shape index (κ2) is 12.8. The average molecular weight is 282 g/mol. The number of ketones is 1. The molecule has 0 heterocycles. The van der Waals surface area contributed by atoms with Crippen molar-refractivity contribution in [2.75, 3.05) is 0 Å². The van der Waals surface area contributed by atoms with E-state index in [-0.39, 0.29) is 17.6 Å². The Morgan fingerprint density at radius 2 is 1.30 bits per heavy atom. The predicted octanol–water partition coefficient (Wildman–Crippen LogP) is 5.09. The summed E-state index contributed by atoms with van der Waals surface area (Å²) >= 11 is 0. The summed E-state index contributed by atoms with van der Waals surface area (Å²) in [5.74, 6) is 0.266. The van der Waals surface area contributed by atoms with Crippen LogP contribution in [0.4, 0.5) is 0 Å². The Hall–Kier alpha value is -1.25. The van der Waals surface area contributed by atoms with Gasteiger partial charge in [0.2, 0.25) is 0 Å². The van der Waals surface area contributed by atoms with Gasteiger partial charge in [-0.2, -0.15) is 0 Å². The third kappa shape index (κ3) is 8.03. The van der Waals surface area contributed by atoms with Crippen LogP contribution in [-0.2, 0) is 4.79 Å². The van der Waals surface area contributed by atoms with E-state index in [0.717, 1.165) is 51.0 Å². The Balaban J connectivity index is 4.71. The highest BCUT2D eigenvalue weighted by atomic mass is 16.2. The Kier molecular flexibility index (Phi) is 12.0. The minimum atomic E-state index is -0.00713. The zero-order valence-electron chi connectivity index (χ0n) is 12.9. The highest BCUT2D eigenvalue weighted by Gasteiger charge is 2.24. The third-order valence-corrected chi connectivity index (χ3v) is 3.67. The zero-order valence-corrected chi connectivity index (χ0v) is 12.9. The van der Waals surface area contributed by atoms with Crippen molar-refractivity contribution in [2.24, 2.45) is 11.8 Å². The van der Waals surface area contributed by atoms with Gasteiger partial charge in [-0.25, -0.2) is 0 Å². The van der Waals surface area contributed by atoms with Crippen LogP contribution in [0.3, 0.4) is 0 Å². The summed E-state index contributed by atoms with van der Waals surface area (Å²) in [7, 11) is 0. The molecule has 0 fully saturated rings. The number of hydrogen-bond acceptors (Lipinski definition) is 3. The van der Waals surface area contributed by atoms with Crippen molar-refractivity contribution < 1.29 is 15.0 Å². The van der Waals surface area contributed by atoms with E-state index in [4.69, 9.17) is 10.2 Å². The van der Waals surface area contributed by atoms with Gasteiger partial charge >= 0.3 is 0 Å². The largest absolute Gasteiger partial charge is 0.516 e. The molecule has 3 heteroatoms. The number of aliphatic hydroxyl groups is 2. The highest BCUT2D eigenvalue weighted by Crippen LogP contribution is 2.24. The predicted molar refractivity (Wildman–Crippen MR) is 83.8 cm³/mol. The minimum absolute atomic E-state index is 0.00713. The first-order chi connectivity index (χ1) is 9.71. The van der Waals surface area contributed by atoms with Gasteiger partial charge in [0.1, 0.15) is 5.78 Å². The van der Waals surface area contributed by atoms with Crippen molar-refractivity contribution in [3.63, 3.8) is 0 Å². The normalized spacial score (nSPS) is 14.9. The molecule has 2 N–H and O–H groups in total. The Morgan fingerprint density at radius 3 is 1.60 bits per heavy atom. The summed E-state index contributed by atoms with van der Waals surface area (Å²) < 4.78 is 0. The molecule has 0 aliphatic rings. The molecule has 0 aliphatic heterocycles. The maximum absolute atomic E-state index is 12.6. The quantitative estimate of drug-likeness (QED) is 0.490. The molecule has 0 aromatic carbocycles. The molecule has 3 nitrogen and oxygen atoms in total. The summed E-state index contributed by atoms with van der Waals surface area (Å²) in [5.41, 5.74) is 0. The fourth-order valence-corrected chi connectivity index (χ4v) is 2.44. The number of allylic oxidation sites excluding steroid dienone is 2. The molecular formula is C17H30O3. The van der Waals surface area contributed by atoms with E-state index < -0.39 is 0 Å². The molecular weight excluding hydrogens is 252 g/mol. The van der Waals surface area contributed by atoms with Crippen LogP contribution < -0.4 is 0 Å². The van der Waals surface area contributed by atoms with Gasteiger partial charge in [0.15, 0.2) is 0 Å². The zero-order chi connectivity index (χ0) is 15.2. The number of carbonyl (C=O) groups is 1. The lowest BCUT2D eigenvalue weighted by atomic mass is 9.83. The molecule has 0 saturated carbocycles. The average Bonchev–Trinajstić information content (AvgIpc) is 2.47. The number of aliphatic hydroxyl groups excluding tert-OH is 2. The van der Waals surface area contributed by atoms with Gasteiger partial charge in [-0.3, -0.25) is 4.79 Å². The van der Waals surface area contributed by atoms with Crippen LogP contribution in [0, 0.1) is 11.8 Å². The third-order valence-electron chi connectivity index (χ3n) is 3.67. The number of hydrogen-bond donors (Lipinski definition) is 2. The number of Topliss-reactive ketones (excluding diaryl/α,β-unsaturated/α-hetero) is 1. The van der Waals surface area contributed by atoms with Crippen molar-refractivity contribution >= 4 is 5.78 Å². The molecule has 0 aromatic rings. The van der Waals surface area contributed by atoms with Crippen LogP contribution in [0.1, 0.15) is 65.2 Å². The molecule has 0 radical (unpaired) electrons. The Labute approximate surface area is 123 Å². The maximum atomic E-state index is 12.6. The number of rotatable bonds is 12. The smallest absolute Gasteiger partial charge is 0.139 e. The van der Waals surface area contributed by atoms with E-state index in [1.54, 1.807) is 12.2 Å². The SMILES string of the molecule is CCCCC(CC=CO)C(=O)C(CC=CO)CCCC. The van der Waals surface area contributed by atoms with Crippen molar-refractivity contribution in [1.29, 1.82) is 0 Å². The van der Waals surface area contributed by atoms with Crippen LogP contribution >= 0.6 is 0 Å². The van der Waals surface area contributed by atoms with Crippen LogP contribution in [0.15, 0.2) is 24.7 Å². The van der Waals surface area contributed by atoms with Crippen LogP contribution in [-0.4, -0.2) is 16.0 Å². The number of carbonyl (C=O) groups excluding carboxylic acids is 1. The van der Waals surface area contributed by atoms with Crippen LogP contribution in [0.5, 0.6) is 0 Å². The molecule has 116 valence electrons. The first-order valence-electron chi connectivity index (χ1n) is 7.83. The van der Waals surface area contributed by atoms with Gasteiger partial charge in [-0.05, 0) is 37.8 Å². The fraction of sp³-hybridized carbons (Fsp3) is 0.706. The van der Waals surface area contributed by atoms with E-state index in [1.807, 2.05) is 0 Å². The second-order valence-corrected chi connectivity index (χ2v) is 5.32. The maximum Gasteiger partial charge on any atom is 0.139 e. The van der Waals surface area contributed by atoms with Gasteiger partial charge in [-0.15, -0.1) is 0 Å². The van der Waals surface area contributed by atoms with Crippen molar-refractivity contribution in [3.8, 4) is 0 Å². The summed E-state index contributed by atoms with van der Waals surface area (Å²) in [5, 5.41) is 17.6. The van der Waals surface area contributed by atoms with Gasteiger partial charge in [0.25, 0.3) is 0 Å². The van der Waals surface area contributed by atoms with Gasteiger partial charge in [0, 0.05) is 11.8 Å². The molecule has 2 atom stereocenters. The van der Waals surface area contributed by atoms with Crippen molar-refractivity contribution in [3.05, 3.63) is 24.7 Å². The summed E-state index contributed by atoms with van der Waals surface area (Å²) in [4.78, 5) is 12.6. The summed E-state index contributed by atoms with van der Waals surface area (Å²) in [6, 6.07) is 0. The van der Waals surface area contributed by atoms with E-state index in [1.165, 1.54) is 0 Å². The second-order valence-electron chi connectivity index (χ2n) is 5.32. The first kappa shape index (κ1) is 18.8. The molecule has 0 spiro atoms. The van der Waals surface area contributed by atoms with Crippen molar-refractivity contribution in [2.45, 2.75) is 65.2 Å². The molecule has 0 rings (SSSR count). The lowest BCUT2D eigenvalue weighted by Gasteiger charge is -2.20. The minimum Gasteiger partial charge on any atom is -0.516 e. The number of unbranched alkanes of at least 4 members (excludes halogenated alkanes) is 2. The molecule has 2 unspecified atom stereocenters. The van der Waals surface area contributed by atoms with Gasteiger partial charge < -0.3 is 10.2 Å².